The van der Waals surface area contributed by atoms with Gasteiger partial charge in [0.25, 0.3) is 11.8 Å². The fourth-order valence-corrected chi connectivity index (χ4v) is 3.83. The highest BCUT2D eigenvalue weighted by molar-refractivity contribution is 5.98. The van der Waals surface area contributed by atoms with Crippen LogP contribution in [0, 0.1) is 0 Å². The second-order valence-corrected chi connectivity index (χ2v) is 7.74. The number of benzene rings is 1. The first-order chi connectivity index (χ1) is 14.0. The molecule has 0 unspecified atom stereocenters. The molecule has 2 fully saturated rings. The van der Waals surface area contributed by atoms with E-state index in [1.165, 1.54) is 0 Å². The number of rotatable bonds is 6. The van der Waals surface area contributed by atoms with E-state index in [9.17, 15) is 13.6 Å². The van der Waals surface area contributed by atoms with Gasteiger partial charge in [-0.3, -0.25) is 4.79 Å². The maximum absolute atomic E-state index is 13.2. The van der Waals surface area contributed by atoms with Crippen LogP contribution in [0.3, 0.4) is 0 Å². The van der Waals surface area contributed by atoms with Crippen molar-refractivity contribution in [2.45, 2.75) is 25.2 Å². The summed E-state index contributed by atoms with van der Waals surface area (Å²) < 4.78 is 37.5. The van der Waals surface area contributed by atoms with Crippen LogP contribution in [-0.4, -0.2) is 79.2 Å². The number of aromatic nitrogens is 1. The van der Waals surface area contributed by atoms with Gasteiger partial charge in [0.2, 0.25) is 0 Å². The molecule has 8 heteroatoms. The molecule has 0 bridgehead atoms. The monoisotopic (exact) mass is 407 g/mol. The summed E-state index contributed by atoms with van der Waals surface area (Å²) in [6.07, 6.45) is 0.685. The fraction of sp³-hybridized carbons (Fsp3) is 0.571. The molecule has 2 aliphatic heterocycles. The summed E-state index contributed by atoms with van der Waals surface area (Å²) in [7, 11) is 0. The number of fused-ring (bicyclic) bond motifs is 1. The topological polar surface area (TPSA) is 57.8 Å². The quantitative estimate of drug-likeness (QED) is 0.748. The van der Waals surface area contributed by atoms with E-state index < -0.39 is 5.92 Å². The lowest BCUT2D eigenvalue weighted by Gasteiger charge is -2.31. The molecule has 1 N–H and O–H groups in total. The molecule has 2 aliphatic rings. The average Bonchev–Trinajstić information content (AvgIpc) is 3.16. The van der Waals surface area contributed by atoms with Crippen LogP contribution in [0.2, 0.25) is 0 Å². The van der Waals surface area contributed by atoms with Gasteiger partial charge in [0.15, 0.2) is 0 Å². The van der Waals surface area contributed by atoms with Crippen LogP contribution in [0.1, 0.15) is 29.8 Å². The normalized spacial score (nSPS) is 20.1. The number of ether oxygens (including phenoxy) is 2. The number of H-pyrrole nitrogens is 1. The summed E-state index contributed by atoms with van der Waals surface area (Å²) in [5.41, 5.74) is 1.46. The lowest BCUT2D eigenvalue weighted by Crippen LogP contribution is -2.40. The summed E-state index contributed by atoms with van der Waals surface area (Å²) in [5.74, 6) is -1.77. The van der Waals surface area contributed by atoms with E-state index in [2.05, 4.69) is 9.88 Å². The minimum Gasteiger partial charge on any atom is -0.494 e. The van der Waals surface area contributed by atoms with Crippen LogP contribution in [0.15, 0.2) is 24.3 Å². The van der Waals surface area contributed by atoms with Crippen LogP contribution in [0.4, 0.5) is 8.78 Å². The first-order valence-corrected chi connectivity index (χ1v) is 10.2. The number of alkyl halides is 2. The molecule has 3 heterocycles. The van der Waals surface area contributed by atoms with Gasteiger partial charge >= 0.3 is 0 Å². The van der Waals surface area contributed by atoms with Gasteiger partial charge in [0, 0.05) is 56.5 Å². The van der Waals surface area contributed by atoms with Crippen molar-refractivity contribution >= 4 is 16.8 Å². The zero-order chi connectivity index (χ0) is 20.3. The summed E-state index contributed by atoms with van der Waals surface area (Å²) in [6.45, 7) is 4.55. The van der Waals surface area contributed by atoms with Gasteiger partial charge in [0.1, 0.15) is 11.4 Å². The Bertz CT molecular complexity index is 839. The number of piperidine rings is 1. The smallest absolute Gasteiger partial charge is 0.270 e. The summed E-state index contributed by atoms with van der Waals surface area (Å²) >= 11 is 0. The number of carbonyl (C=O) groups is 1. The first-order valence-electron chi connectivity index (χ1n) is 10.2. The van der Waals surface area contributed by atoms with Crippen molar-refractivity contribution in [2.75, 3.05) is 52.5 Å². The molecular formula is C21H27F2N3O3. The molecule has 1 aromatic carbocycles. The number of nitrogens with zero attached hydrogens (tertiary/aromatic N) is 2. The van der Waals surface area contributed by atoms with Gasteiger partial charge in [0.05, 0.1) is 19.8 Å². The Balaban J connectivity index is 1.28. The van der Waals surface area contributed by atoms with Crippen LogP contribution in [0.5, 0.6) is 5.75 Å². The first kappa shape index (κ1) is 20.1. The second kappa shape index (κ2) is 8.67. The number of morpholine rings is 1. The molecule has 4 rings (SSSR count). The Hall–Kier alpha value is -2.19. The number of likely N-dealkylation sites (tertiary alicyclic amines) is 1. The van der Waals surface area contributed by atoms with Crippen molar-refractivity contribution in [3.05, 3.63) is 30.0 Å². The highest BCUT2D eigenvalue weighted by Crippen LogP contribution is 2.27. The van der Waals surface area contributed by atoms with E-state index in [-0.39, 0.29) is 18.7 Å². The van der Waals surface area contributed by atoms with E-state index in [0.717, 1.165) is 29.6 Å². The van der Waals surface area contributed by atoms with Gasteiger partial charge in [-0.1, -0.05) is 0 Å². The maximum atomic E-state index is 13.2. The van der Waals surface area contributed by atoms with E-state index >= 15 is 0 Å². The third-order valence-corrected chi connectivity index (χ3v) is 5.60. The van der Waals surface area contributed by atoms with Gasteiger partial charge < -0.3 is 24.3 Å². The van der Waals surface area contributed by atoms with E-state index in [0.29, 0.717) is 51.7 Å². The molecule has 0 saturated carbocycles. The highest BCUT2D eigenvalue weighted by Gasteiger charge is 2.33. The predicted molar refractivity (Wildman–Crippen MR) is 106 cm³/mol. The SMILES string of the molecule is O=C(c1cc2cc(OCCCN3CCC(F)(F)CC3)ccc2[nH]1)N1CCOCC1. The Labute approximate surface area is 168 Å². The third-order valence-electron chi connectivity index (χ3n) is 5.60. The number of nitrogens with one attached hydrogen (secondary N) is 1. The van der Waals surface area contributed by atoms with Crippen molar-refractivity contribution in [1.82, 2.24) is 14.8 Å². The molecule has 2 saturated heterocycles. The minimum absolute atomic E-state index is 0.0147. The van der Waals surface area contributed by atoms with Crippen molar-refractivity contribution in [2.24, 2.45) is 0 Å². The van der Waals surface area contributed by atoms with Crippen LogP contribution < -0.4 is 4.74 Å². The number of aromatic amines is 1. The molecule has 158 valence electrons. The molecule has 0 radical (unpaired) electrons. The number of carbonyl (C=O) groups excluding carboxylic acids is 1. The predicted octanol–water partition coefficient (Wildman–Crippen LogP) is 3.14. The molecule has 1 aromatic heterocycles. The summed E-state index contributed by atoms with van der Waals surface area (Å²) in [5, 5.41) is 0.928. The lowest BCUT2D eigenvalue weighted by molar-refractivity contribution is -0.0554. The minimum atomic E-state index is -2.50. The number of halogens is 2. The Morgan fingerprint density at radius 3 is 2.66 bits per heavy atom. The van der Waals surface area contributed by atoms with Crippen molar-refractivity contribution in [3.63, 3.8) is 0 Å². The maximum Gasteiger partial charge on any atom is 0.270 e. The highest BCUT2D eigenvalue weighted by atomic mass is 19.3. The van der Waals surface area contributed by atoms with E-state index in [4.69, 9.17) is 9.47 Å². The van der Waals surface area contributed by atoms with Crippen LogP contribution in [0.25, 0.3) is 10.9 Å². The third kappa shape index (κ3) is 5.05. The molecule has 0 spiro atoms. The number of hydrogen-bond acceptors (Lipinski definition) is 4. The fourth-order valence-electron chi connectivity index (χ4n) is 3.83. The molecule has 2 aromatic rings. The Morgan fingerprint density at radius 2 is 1.90 bits per heavy atom. The van der Waals surface area contributed by atoms with Crippen molar-refractivity contribution < 1.29 is 23.0 Å². The molecule has 1 amide bonds. The van der Waals surface area contributed by atoms with E-state index in [1.807, 2.05) is 24.3 Å². The molecule has 0 atom stereocenters. The largest absolute Gasteiger partial charge is 0.494 e. The summed E-state index contributed by atoms with van der Waals surface area (Å²) in [4.78, 5) is 19.7. The number of hydrogen-bond donors (Lipinski definition) is 1. The Kier molecular flexibility index (Phi) is 6.01. The van der Waals surface area contributed by atoms with E-state index in [1.54, 1.807) is 4.90 Å². The van der Waals surface area contributed by atoms with Crippen molar-refractivity contribution in [3.8, 4) is 5.75 Å². The zero-order valence-corrected chi connectivity index (χ0v) is 16.5. The lowest BCUT2D eigenvalue weighted by atomic mass is 10.1. The van der Waals surface area contributed by atoms with Gasteiger partial charge in [-0.05, 0) is 30.7 Å². The van der Waals surface area contributed by atoms with Gasteiger partial charge in [-0.2, -0.15) is 0 Å². The van der Waals surface area contributed by atoms with Crippen molar-refractivity contribution in [1.29, 1.82) is 0 Å². The zero-order valence-electron chi connectivity index (χ0n) is 16.5. The average molecular weight is 407 g/mol. The van der Waals surface area contributed by atoms with Gasteiger partial charge in [-0.25, -0.2) is 8.78 Å². The molecule has 0 aliphatic carbocycles. The van der Waals surface area contributed by atoms with Crippen LogP contribution in [-0.2, 0) is 4.74 Å². The van der Waals surface area contributed by atoms with Gasteiger partial charge in [-0.15, -0.1) is 0 Å². The number of amides is 1. The second-order valence-electron chi connectivity index (χ2n) is 7.74. The standard InChI is InChI=1S/C21H27F2N3O3/c22-21(23)4-7-25(8-5-21)6-1-11-29-17-2-3-18-16(14-17)15-19(24-18)20(27)26-9-12-28-13-10-26/h2-3,14-15,24H,1,4-13H2. The molecule has 29 heavy (non-hydrogen) atoms. The molecular weight excluding hydrogens is 380 g/mol. The molecule has 6 nitrogen and oxygen atoms in total. The Morgan fingerprint density at radius 1 is 1.14 bits per heavy atom. The summed E-state index contributed by atoms with van der Waals surface area (Å²) in [6, 6.07) is 7.56. The van der Waals surface area contributed by atoms with Crippen LogP contribution >= 0.6 is 0 Å².